The number of aromatic amines is 1. The van der Waals surface area contributed by atoms with Gasteiger partial charge in [-0.1, -0.05) is 18.2 Å². The summed E-state index contributed by atoms with van der Waals surface area (Å²) in [5, 5.41) is 16.4. The van der Waals surface area contributed by atoms with Gasteiger partial charge in [0.25, 0.3) is 0 Å². The van der Waals surface area contributed by atoms with Crippen molar-refractivity contribution in [2.24, 2.45) is 0 Å². The molecule has 5 aromatic rings. The number of H-pyrrole nitrogens is 1. The molecular weight excluding hydrogens is 462 g/mol. The highest BCUT2D eigenvalue weighted by molar-refractivity contribution is 6.00. The number of aromatic nitrogens is 3. The van der Waals surface area contributed by atoms with Gasteiger partial charge in [-0.25, -0.2) is 0 Å². The molecule has 0 radical (unpaired) electrons. The third-order valence-corrected chi connectivity index (χ3v) is 7.35. The molecule has 0 saturated carbocycles. The maximum Gasteiger partial charge on any atom is 0.156 e. The molecule has 2 N–H and O–H groups in total. The highest BCUT2D eigenvalue weighted by atomic mass is 16.5. The molecule has 0 atom stereocenters. The van der Waals surface area contributed by atoms with E-state index >= 15 is 0 Å². The molecule has 3 aromatic carbocycles. The van der Waals surface area contributed by atoms with Gasteiger partial charge in [0.05, 0.1) is 14.2 Å². The first-order valence-electron chi connectivity index (χ1n) is 12.7. The number of piperidine rings is 1. The van der Waals surface area contributed by atoms with Crippen molar-refractivity contribution in [2.45, 2.75) is 25.4 Å². The van der Waals surface area contributed by atoms with Gasteiger partial charge in [0.2, 0.25) is 0 Å². The predicted octanol–water partition coefficient (Wildman–Crippen LogP) is 5.87. The Morgan fingerprint density at radius 1 is 0.865 bits per heavy atom. The Morgan fingerprint density at radius 3 is 2.41 bits per heavy atom. The molecule has 1 saturated heterocycles. The number of likely N-dealkylation sites (tertiary alicyclic amines) is 1. The van der Waals surface area contributed by atoms with E-state index in [0.717, 1.165) is 71.8 Å². The second-order valence-electron chi connectivity index (χ2n) is 9.59. The Bertz CT molecular complexity index is 1520. The van der Waals surface area contributed by atoms with Crippen LogP contribution in [0.15, 0.2) is 72.9 Å². The van der Waals surface area contributed by atoms with Crippen molar-refractivity contribution in [2.75, 3.05) is 32.6 Å². The van der Waals surface area contributed by atoms with Gasteiger partial charge >= 0.3 is 0 Å². The fraction of sp³-hybridized carbons (Fsp3) is 0.267. The van der Waals surface area contributed by atoms with Crippen LogP contribution in [0.25, 0.3) is 32.9 Å². The Labute approximate surface area is 216 Å². The summed E-state index contributed by atoms with van der Waals surface area (Å²) in [5.41, 5.74) is 4.41. The van der Waals surface area contributed by atoms with Crippen LogP contribution in [-0.2, 0) is 6.54 Å². The average Bonchev–Trinajstić information content (AvgIpc) is 3.36. The molecule has 37 heavy (non-hydrogen) atoms. The normalized spacial score (nSPS) is 14.8. The number of ether oxygens (including phenoxy) is 2. The van der Waals surface area contributed by atoms with Crippen molar-refractivity contribution in [3.8, 4) is 22.8 Å². The van der Waals surface area contributed by atoms with Crippen LogP contribution in [-0.4, -0.2) is 53.4 Å². The zero-order valence-corrected chi connectivity index (χ0v) is 21.2. The maximum absolute atomic E-state index is 5.54. The standard InChI is InChI=1S/C30H31N5O2/c1-36-23-9-7-20(8-10-23)29-26-12-11-24(37-2)17-27(26)30(34-33-29)32-22-13-15-35(16-14-22)19-21-18-31-28-6-4-3-5-25(21)28/h3-12,17-18,22,31H,13-16,19H2,1-2H3,(H,32,34). The lowest BCUT2D eigenvalue weighted by atomic mass is 10.0. The summed E-state index contributed by atoms with van der Waals surface area (Å²) in [6, 6.07) is 22.9. The molecular formula is C30H31N5O2. The maximum atomic E-state index is 5.54. The number of hydrogen-bond acceptors (Lipinski definition) is 6. The number of fused-ring (bicyclic) bond motifs is 2. The lowest BCUT2D eigenvalue weighted by Gasteiger charge is -2.32. The van der Waals surface area contributed by atoms with Gasteiger partial charge in [-0.2, -0.15) is 0 Å². The van der Waals surface area contributed by atoms with Gasteiger partial charge in [-0.05, 0) is 66.9 Å². The van der Waals surface area contributed by atoms with Crippen molar-refractivity contribution in [3.05, 3.63) is 78.5 Å². The first-order valence-corrected chi connectivity index (χ1v) is 12.7. The van der Waals surface area contributed by atoms with Gasteiger partial charge in [-0.3, -0.25) is 4.90 Å². The molecule has 7 heteroatoms. The van der Waals surface area contributed by atoms with Crippen LogP contribution in [0.5, 0.6) is 11.5 Å². The molecule has 3 heterocycles. The molecule has 1 fully saturated rings. The Balaban J connectivity index is 1.20. The minimum Gasteiger partial charge on any atom is -0.497 e. The molecule has 0 unspecified atom stereocenters. The number of hydrogen-bond donors (Lipinski definition) is 2. The van der Waals surface area contributed by atoms with Gasteiger partial charge in [0.15, 0.2) is 5.82 Å². The highest BCUT2D eigenvalue weighted by Crippen LogP contribution is 2.34. The van der Waals surface area contributed by atoms with E-state index in [0.29, 0.717) is 6.04 Å². The average molecular weight is 494 g/mol. The van der Waals surface area contributed by atoms with Crippen molar-refractivity contribution < 1.29 is 9.47 Å². The second-order valence-corrected chi connectivity index (χ2v) is 9.59. The van der Waals surface area contributed by atoms with Crippen molar-refractivity contribution in [1.82, 2.24) is 20.1 Å². The Kier molecular flexibility index (Phi) is 6.37. The van der Waals surface area contributed by atoms with E-state index in [9.17, 15) is 0 Å². The first-order chi connectivity index (χ1) is 18.2. The fourth-order valence-electron chi connectivity index (χ4n) is 5.26. The monoisotopic (exact) mass is 493 g/mol. The van der Waals surface area contributed by atoms with Crippen LogP contribution in [0.3, 0.4) is 0 Å². The summed E-state index contributed by atoms with van der Waals surface area (Å²) < 4.78 is 10.9. The Hall–Kier alpha value is -4.10. The lowest BCUT2D eigenvalue weighted by molar-refractivity contribution is 0.212. The third-order valence-electron chi connectivity index (χ3n) is 7.35. The molecule has 0 spiro atoms. The number of methoxy groups -OCH3 is 2. The number of anilines is 1. The SMILES string of the molecule is COc1ccc(-c2nnc(NC3CCN(Cc4c[nH]c5ccccc45)CC3)c3cc(OC)ccc23)cc1. The van der Waals surface area contributed by atoms with E-state index in [-0.39, 0.29) is 0 Å². The smallest absolute Gasteiger partial charge is 0.156 e. The summed E-state index contributed by atoms with van der Waals surface area (Å²) >= 11 is 0. The van der Waals surface area contributed by atoms with Crippen molar-refractivity contribution in [1.29, 1.82) is 0 Å². The molecule has 188 valence electrons. The molecule has 0 aliphatic carbocycles. The largest absolute Gasteiger partial charge is 0.497 e. The second kappa shape index (κ2) is 10.1. The molecule has 1 aliphatic heterocycles. The number of nitrogens with zero attached hydrogens (tertiary/aromatic N) is 3. The molecule has 2 aromatic heterocycles. The van der Waals surface area contributed by atoms with Crippen molar-refractivity contribution >= 4 is 27.5 Å². The predicted molar refractivity (Wildman–Crippen MR) is 148 cm³/mol. The number of rotatable bonds is 7. The Morgan fingerprint density at radius 2 is 1.62 bits per heavy atom. The zero-order chi connectivity index (χ0) is 25.2. The van der Waals surface area contributed by atoms with Crippen LogP contribution in [0, 0.1) is 0 Å². The minimum absolute atomic E-state index is 0.342. The van der Waals surface area contributed by atoms with E-state index in [1.807, 2.05) is 36.4 Å². The zero-order valence-electron chi connectivity index (χ0n) is 21.2. The van der Waals surface area contributed by atoms with Gasteiger partial charge < -0.3 is 19.8 Å². The van der Waals surface area contributed by atoms with Crippen LogP contribution >= 0.6 is 0 Å². The molecule has 0 bridgehead atoms. The molecule has 1 aliphatic rings. The van der Waals surface area contributed by atoms with E-state index in [1.54, 1.807) is 14.2 Å². The number of nitrogens with one attached hydrogen (secondary N) is 2. The lowest BCUT2D eigenvalue weighted by Crippen LogP contribution is -2.38. The summed E-state index contributed by atoms with van der Waals surface area (Å²) in [7, 11) is 3.36. The minimum atomic E-state index is 0.342. The third kappa shape index (κ3) is 4.70. The van der Waals surface area contributed by atoms with E-state index in [1.165, 1.54) is 16.5 Å². The number of benzene rings is 3. The van der Waals surface area contributed by atoms with Gasteiger partial charge in [-0.15, -0.1) is 10.2 Å². The molecule has 6 rings (SSSR count). The van der Waals surface area contributed by atoms with Crippen molar-refractivity contribution in [3.63, 3.8) is 0 Å². The summed E-state index contributed by atoms with van der Waals surface area (Å²) in [6.45, 7) is 3.04. The summed E-state index contributed by atoms with van der Waals surface area (Å²) in [4.78, 5) is 5.93. The molecule has 7 nitrogen and oxygen atoms in total. The fourth-order valence-corrected chi connectivity index (χ4v) is 5.26. The quantitative estimate of drug-likeness (QED) is 0.295. The molecule has 0 amide bonds. The van der Waals surface area contributed by atoms with Crippen LogP contribution < -0.4 is 14.8 Å². The van der Waals surface area contributed by atoms with E-state index in [2.05, 4.69) is 61.9 Å². The van der Waals surface area contributed by atoms with Gasteiger partial charge in [0, 0.05) is 59.1 Å². The summed E-state index contributed by atoms with van der Waals surface area (Å²) in [5.74, 6) is 2.43. The van der Waals surface area contributed by atoms with E-state index < -0.39 is 0 Å². The van der Waals surface area contributed by atoms with Gasteiger partial charge in [0.1, 0.15) is 17.2 Å². The number of para-hydroxylation sites is 1. The van der Waals surface area contributed by atoms with Crippen LogP contribution in [0.2, 0.25) is 0 Å². The topological polar surface area (TPSA) is 75.3 Å². The summed E-state index contributed by atoms with van der Waals surface area (Å²) in [6.07, 6.45) is 4.25. The highest BCUT2D eigenvalue weighted by Gasteiger charge is 2.22. The van der Waals surface area contributed by atoms with Crippen LogP contribution in [0.4, 0.5) is 5.82 Å². The first kappa shape index (κ1) is 23.3. The van der Waals surface area contributed by atoms with E-state index in [4.69, 9.17) is 9.47 Å². The van der Waals surface area contributed by atoms with Crippen LogP contribution in [0.1, 0.15) is 18.4 Å².